The zero-order valence-corrected chi connectivity index (χ0v) is 14.2. The highest BCUT2D eigenvalue weighted by atomic mass is 79.9. The van der Waals surface area contributed by atoms with Crippen LogP contribution in [0.5, 0.6) is 0 Å². The first-order valence-corrected chi connectivity index (χ1v) is 9.12. The van der Waals surface area contributed by atoms with E-state index < -0.39 is 10.0 Å². The number of hydrogen-bond donors (Lipinski definition) is 1. The van der Waals surface area contributed by atoms with Gasteiger partial charge in [0.15, 0.2) is 0 Å². The van der Waals surface area contributed by atoms with Gasteiger partial charge in [0, 0.05) is 22.7 Å². The fourth-order valence-corrected chi connectivity index (χ4v) is 4.75. The smallest absolute Gasteiger partial charge is 0.244 e. The quantitative estimate of drug-likeness (QED) is 0.792. The Kier molecular flexibility index (Phi) is 4.76. The monoisotopic (exact) mass is 360 g/mol. The van der Waals surface area contributed by atoms with Crippen molar-refractivity contribution in [3.63, 3.8) is 0 Å². The standard InChI is InChI=1S/C14H21BrN2O2S/c1-10(2)7-8-17(12-4-5-12)20(18,19)14-9-11(16)3-6-13(14)15/h3,6,9-10,12H,4-5,7-8,16H2,1-2H3. The average molecular weight is 361 g/mol. The van der Waals surface area contributed by atoms with Gasteiger partial charge in [-0.25, -0.2) is 8.42 Å². The minimum atomic E-state index is -3.48. The molecule has 2 N–H and O–H groups in total. The second kappa shape index (κ2) is 6.03. The van der Waals surface area contributed by atoms with Crippen molar-refractivity contribution < 1.29 is 8.42 Å². The number of benzene rings is 1. The third-order valence-electron chi connectivity index (χ3n) is 3.42. The van der Waals surface area contributed by atoms with Gasteiger partial charge >= 0.3 is 0 Å². The second-order valence-corrected chi connectivity index (χ2v) is 8.43. The van der Waals surface area contributed by atoms with Gasteiger partial charge in [-0.05, 0) is 59.3 Å². The molecule has 112 valence electrons. The first-order valence-electron chi connectivity index (χ1n) is 6.89. The lowest BCUT2D eigenvalue weighted by molar-refractivity contribution is 0.373. The minimum Gasteiger partial charge on any atom is -0.399 e. The van der Waals surface area contributed by atoms with Gasteiger partial charge in [0.05, 0.1) is 4.90 Å². The van der Waals surface area contributed by atoms with Crippen molar-refractivity contribution in [1.29, 1.82) is 0 Å². The van der Waals surface area contributed by atoms with E-state index in [2.05, 4.69) is 29.8 Å². The zero-order chi connectivity index (χ0) is 14.9. The normalized spacial score (nSPS) is 16.1. The number of anilines is 1. The molecule has 1 saturated carbocycles. The Morgan fingerprint density at radius 1 is 1.40 bits per heavy atom. The molecule has 0 amide bonds. The average Bonchev–Trinajstić information content (AvgIpc) is 3.16. The van der Waals surface area contributed by atoms with Gasteiger partial charge < -0.3 is 5.73 Å². The van der Waals surface area contributed by atoms with Gasteiger partial charge in [-0.2, -0.15) is 4.31 Å². The molecule has 0 unspecified atom stereocenters. The summed E-state index contributed by atoms with van der Waals surface area (Å²) in [4.78, 5) is 0.271. The molecule has 4 nitrogen and oxygen atoms in total. The van der Waals surface area contributed by atoms with Crippen molar-refractivity contribution >= 4 is 31.6 Å². The van der Waals surface area contributed by atoms with Crippen LogP contribution in [0.3, 0.4) is 0 Å². The van der Waals surface area contributed by atoms with Crippen LogP contribution in [0.25, 0.3) is 0 Å². The Balaban J connectivity index is 2.32. The van der Waals surface area contributed by atoms with Crippen LogP contribution in [0, 0.1) is 5.92 Å². The maximum absolute atomic E-state index is 12.8. The number of rotatable bonds is 6. The summed E-state index contributed by atoms with van der Waals surface area (Å²) in [6.45, 7) is 4.79. The van der Waals surface area contributed by atoms with E-state index in [1.54, 1.807) is 16.4 Å². The van der Waals surface area contributed by atoms with Gasteiger partial charge in [-0.3, -0.25) is 0 Å². The van der Waals surface area contributed by atoms with Crippen molar-refractivity contribution in [3.8, 4) is 0 Å². The molecule has 0 bridgehead atoms. The van der Waals surface area contributed by atoms with Crippen molar-refractivity contribution in [2.45, 2.75) is 44.0 Å². The molecule has 1 aliphatic carbocycles. The van der Waals surface area contributed by atoms with Crippen LogP contribution in [0.4, 0.5) is 5.69 Å². The second-order valence-electron chi connectivity index (χ2n) is 5.72. The summed E-state index contributed by atoms with van der Waals surface area (Å²) < 4.78 is 27.9. The van der Waals surface area contributed by atoms with E-state index in [-0.39, 0.29) is 10.9 Å². The molecule has 0 heterocycles. The summed E-state index contributed by atoms with van der Waals surface area (Å²) in [6, 6.07) is 5.07. The molecule has 1 aromatic carbocycles. The largest absolute Gasteiger partial charge is 0.399 e. The summed E-state index contributed by atoms with van der Waals surface area (Å²) in [6.07, 6.45) is 2.78. The van der Waals surface area contributed by atoms with E-state index in [4.69, 9.17) is 5.73 Å². The van der Waals surface area contributed by atoms with Gasteiger partial charge in [-0.15, -0.1) is 0 Å². The first kappa shape index (κ1) is 15.8. The van der Waals surface area contributed by atoms with E-state index in [0.717, 1.165) is 19.3 Å². The van der Waals surface area contributed by atoms with Crippen LogP contribution in [-0.4, -0.2) is 25.3 Å². The molecule has 1 aromatic rings. The lowest BCUT2D eigenvalue weighted by Crippen LogP contribution is -2.34. The van der Waals surface area contributed by atoms with Crippen LogP contribution in [0.2, 0.25) is 0 Å². The topological polar surface area (TPSA) is 63.4 Å². The number of nitrogens with zero attached hydrogens (tertiary/aromatic N) is 1. The summed E-state index contributed by atoms with van der Waals surface area (Å²) in [7, 11) is -3.48. The van der Waals surface area contributed by atoms with E-state index in [0.29, 0.717) is 22.6 Å². The zero-order valence-electron chi connectivity index (χ0n) is 11.8. The highest BCUT2D eigenvalue weighted by molar-refractivity contribution is 9.10. The van der Waals surface area contributed by atoms with Crippen LogP contribution < -0.4 is 5.73 Å². The number of sulfonamides is 1. The number of nitrogens with two attached hydrogens (primary N) is 1. The minimum absolute atomic E-state index is 0.159. The third kappa shape index (κ3) is 3.54. The molecule has 0 spiro atoms. The summed E-state index contributed by atoms with van der Waals surface area (Å²) in [5.74, 6) is 0.482. The van der Waals surface area contributed by atoms with E-state index >= 15 is 0 Å². The Morgan fingerprint density at radius 2 is 2.05 bits per heavy atom. The Morgan fingerprint density at radius 3 is 2.60 bits per heavy atom. The highest BCUT2D eigenvalue weighted by Gasteiger charge is 2.38. The van der Waals surface area contributed by atoms with Crippen molar-refractivity contribution in [3.05, 3.63) is 22.7 Å². The molecule has 0 saturated heterocycles. The van der Waals surface area contributed by atoms with Gasteiger partial charge in [-0.1, -0.05) is 13.8 Å². The SMILES string of the molecule is CC(C)CCN(C1CC1)S(=O)(=O)c1cc(N)ccc1Br. The number of halogens is 1. The molecule has 1 fully saturated rings. The predicted molar refractivity (Wildman–Crippen MR) is 84.9 cm³/mol. The Hall–Kier alpha value is -0.590. The molecular weight excluding hydrogens is 340 g/mol. The molecule has 2 rings (SSSR count). The van der Waals surface area contributed by atoms with Gasteiger partial charge in [0.1, 0.15) is 0 Å². The molecule has 6 heteroatoms. The van der Waals surface area contributed by atoms with Crippen LogP contribution in [0.15, 0.2) is 27.6 Å². The summed E-state index contributed by atoms with van der Waals surface area (Å²) in [5.41, 5.74) is 6.20. The predicted octanol–water partition coefficient (Wildman–Crippen LogP) is 3.23. The molecule has 0 radical (unpaired) electrons. The van der Waals surface area contributed by atoms with Crippen LogP contribution in [0.1, 0.15) is 33.1 Å². The molecule has 0 atom stereocenters. The summed E-state index contributed by atoms with van der Waals surface area (Å²) in [5, 5.41) is 0. The van der Waals surface area contributed by atoms with E-state index in [1.807, 2.05) is 0 Å². The lowest BCUT2D eigenvalue weighted by atomic mass is 10.1. The molecule has 0 aliphatic heterocycles. The van der Waals surface area contributed by atoms with E-state index in [9.17, 15) is 8.42 Å². The molecule has 20 heavy (non-hydrogen) atoms. The number of hydrogen-bond acceptors (Lipinski definition) is 3. The fourth-order valence-electron chi connectivity index (χ4n) is 2.09. The van der Waals surface area contributed by atoms with Crippen molar-refractivity contribution in [2.24, 2.45) is 5.92 Å². The van der Waals surface area contributed by atoms with Crippen LogP contribution in [-0.2, 0) is 10.0 Å². The van der Waals surface area contributed by atoms with Gasteiger partial charge in [0.25, 0.3) is 0 Å². The maximum Gasteiger partial charge on any atom is 0.244 e. The molecular formula is C14H21BrN2O2S. The van der Waals surface area contributed by atoms with Crippen molar-refractivity contribution in [1.82, 2.24) is 4.31 Å². The van der Waals surface area contributed by atoms with Gasteiger partial charge in [0.2, 0.25) is 10.0 Å². The molecule has 1 aliphatic rings. The maximum atomic E-state index is 12.8. The lowest BCUT2D eigenvalue weighted by Gasteiger charge is -2.23. The first-order chi connectivity index (χ1) is 9.32. The van der Waals surface area contributed by atoms with E-state index in [1.165, 1.54) is 6.07 Å². The Labute approximate surface area is 129 Å². The molecule has 0 aromatic heterocycles. The summed E-state index contributed by atoms with van der Waals surface area (Å²) >= 11 is 3.32. The van der Waals surface area contributed by atoms with Crippen molar-refractivity contribution in [2.75, 3.05) is 12.3 Å². The fraction of sp³-hybridized carbons (Fsp3) is 0.571. The van der Waals surface area contributed by atoms with Crippen LogP contribution >= 0.6 is 15.9 Å². The number of nitrogen functional groups attached to an aromatic ring is 1. The highest BCUT2D eigenvalue weighted by Crippen LogP contribution is 2.35. The third-order valence-corrected chi connectivity index (χ3v) is 6.37. The Bertz CT molecular complexity index is 583.